The van der Waals surface area contributed by atoms with E-state index in [1.807, 2.05) is 0 Å². The highest BCUT2D eigenvalue weighted by Gasteiger charge is 2.36. The van der Waals surface area contributed by atoms with E-state index in [9.17, 15) is 0 Å². The molecule has 1 N–H and O–H groups in total. The van der Waals surface area contributed by atoms with Gasteiger partial charge in [-0.15, -0.1) is 0 Å². The van der Waals surface area contributed by atoms with Gasteiger partial charge in [-0.3, -0.25) is 0 Å². The Hall–Kier alpha value is -0.0400. The molecule has 0 amide bonds. The summed E-state index contributed by atoms with van der Waals surface area (Å²) >= 11 is 0. The van der Waals surface area contributed by atoms with Crippen LogP contribution in [-0.2, 0) is 0 Å². The summed E-state index contributed by atoms with van der Waals surface area (Å²) in [7, 11) is 0. The van der Waals surface area contributed by atoms with Crippen LogP contribution in [0.2, 0.25) is 0 Å². The molecule has 1 nitrogen and oxygen atoms in total. The van der Waals surface area contributed by atoms with Crippen LogP contribution in [-0.4, -0.2) is 12.1 Å². The van der Waals surface area contributed by atoms with Crippen molar-refractivity contribution in [2.45, 2.75) is 98.1 Å². The van der Waals surface area contributed by atoms with Gasteiger partial charge < -0.3 is 5.32 Å². The van der Waals surface area contributed by atoms with Crippen LogP contribution in [0.25, 0.3) is 0 Å². The second-order valence-electron chi connectivity index (χ2n) is 8.90. The summed E-state index contributed by atoms with van der Waals surface area (Å²) in [5.41, 5.74) is 0.463. The average Bonchev–Trinajstić information content (AvgIpc) is 2.38. The standard InChI is InChI=1S/C19H37N/c1-14(2)15-9-8-10-16(13-15)20-18-12-7-6-11-17(18)19(3,4)5/h14-18,20H,6-13H2,1-5H3. The fraction of sp³-hybridized carbons (Fsp3) is 1.00. The summed E-state index contributed by atoms with van der Waals surface area (Å²) in [5.74, 6) is 2.69. The van der Waals surface area contributed by atoms with Gasteiger partial charge in [0.05, 0.1) is 0 Å². The van der Waals surface area contributed by atoms with E-state index in [4.69, 9.17) is 0 Å². The number of rotatable bonds is 3. The molecule has 0 aromatic carbocycles. The first kappa shape index (κ1) is 16.3. The zero-order chi connectivity index (χ0) is 14.8. The van der Waals surface area contributed by atoms with E-state index >= 15 is 0 Å². The molecule has 0 bridgehead atoms. The predicted octanol–water partition coefficient (Wildman–Crippen LogP) is 5.40. The Balaban J connectivity index is 1.93. The molecule has 0 heterocycles. The molecule has 0 aromatic rings. The molecule has 118 valence electrons. The third-order valence-electron chi connectivity index (χ3n) is 5.99. The van der Waals surface area contributed by atoms with Gasteiger partial charge >= 0.3 is 0 Å². The van der Waals surface area contributed by atoms with Crippen LogP contribution in [0.15, 0.2) is 0 Å². The Morgan fingerprint density at radius 2 is 1.60 bits per heavy atom. The van der Waals surface area contributed by atoms with Crippen molar-refractivity contribution in [1.29, 1.82) is 0 Å². The van der Waals surface area contributed by atoms with Gasteiger partial charge in [-0.25, -0.2) is 0 Å². The molecule has 0 spiro atoms. The van der Waals surface area contributed by atoms with Gasteiger partial charge in [0.2, 0.25) is 0 Å². The van der Waals surface area contributed by atoms with Gasteiger partial charge in [-0.1, -0.05) is 60.3 Å². The summed E-state index contributed by atoms with van der Waals surface area (Å²) in [4.78, 5) is 0. The number of nitrogens with one attached hydrogen (secondary N) is 1. The summed E-state index contributed by atoms with van der Waals surface area (Å²) < 4.78 is 0. The predicted molar refractivity (Wildman–Crippen MR) is 88.9 cm³/mol. The van der Waals surface area contributed by atoms with Crippen molar-refractivity contribution in [2.75, 3.05) is 0 Å². The fourth-order valence-electron chi connectivity index (χ4n) is 4.65. The van der Waals surface area contributed by atoms with Crippen molar-refractivity contribution in [3.05, 3.63) is 0 Å². The van der Waals surface area contributed by atoms with Crippen molar-refractivity contribution >= 4 is 0 Å². The Kier molecular flexibility index (Phi) is 5.56. The zero-order valence-electron chi connectivity index (χ0n) is 14.5. The molecule has 4 unspecified atom stereocenters. The highest BCUT2D eigenvalue weighted by Crippen LogP contribution is 2.39. The van der Waals surface area contributed by atoms with E-state index in [1.165, 1.54) is 51.4 Å². The lowest BCUT2D eigenvalue weighted by Crippen LogP contribution is -2.49. The van der Waals surface area contributed by atoms with Crippen LogP contribution in [0, 0.1) is 23.2 Å². The molecule has 0 aliphatic heterocycles. The average molecular weight is 280 g/mol. The number of hydrogen-bond donors (Lipinski definition) is 1. The Labute approximate surface area is 127 Å². The first-order chi connectivity index (χ1) is 9.38. The maximum Gasteiger partial charge on any atom is 0.0103 e. The lowest BCUT2D eigenvalue weighted by atomic mass is 9.69. The molecule has 2 saturated carbocycles. The molecular formula is C19H37N. The molecule has 0 aromatic heterocycles. The minimum Gasteiger partial charge on any atom is -0.311 e. The van der Waals surface area contributed by atoms with Crippen molar-refractivity contribution in [3.63, 3.8) is 0 Å². The van der Waals surface area contributed by atoms with Gasteiger partial charge in [0.1, 0.15) is 0 Å². The Bertz CT molecular complexity index is 289. The van der Waals surface area contributed by atoms with E-state index in [0.29, 0.717) is 5.41 Å². The van der Waals surface area contributed by atoms with E-state index in [1.54, 1.807) is 0 Å². The molecule has 0 radical (unpaired) electrons. The van der Waals surface area contributed by atoms with Gasteiger partial charge in [0.15, 0.2) is 0 Å². The quantitative estimate of drug-likeness (QED) is 0.729. The molecule has 2 fully saturated rings. The van der Waals surface area contributed by atoms with Crippen molar-refractivity contribution < 1.29 is 0 Å². The van der Waals surface area contributed by atoms with E-state index < -0.39 is 0 Å². The third-order valence-corrected chi connectivity index (χ3v) is 5.99. The third kappa shape index (κ3) is 4.23. The Morgan fingerprint density at radius 3 is 2.25 bits per heavy atom. The van der Waals surface area contributed by atoms with Gasteiger partial charge in [-0.05, 0) is 48.9 Å². The van der Waals surface area contributed by atoms with Crippen LogP contribution < -0.4 is 5.32 Å². The minimum atomic E-state index is 0.463. The fourth-order valence-corrected chi connectivity index (χ4v) is 4.65. The van der Waals surface area contributed by atoms with Crippen molar-refractivity contribution in [3.8, 4) is 0 Å². The lowest BCUT2D eigenvalue weighted by Gasteiger charge is -2.44. The summed E-state index contributed by atoms with van der Waals surface area (Å²) in [6, 6.07) is 1.57. The van der Waals surface area contributed by atoms with E-state index in [0.717, 1.165) is 29.8 Å². The summed E-state index contributed by atoms with van der Waals surface area (Å²) in [6.45, 7) is 12.1. The molecule has 0 saturated heterocycles. The topological polar surface area (TPSA) is 12.0 Å². The molecule has 2 rings (SSSR count). The van der Waals surface area contributed by atoms with E-state index in [2.05, 4.69) is 39.9 Å². The zero-order valence-corrected chi connectivity index (χ0v) is 14.5. The van der Waals surface area contributed by atoms with E-state index in [-0.39, 0.29) is 0 Å². The molecule has 4 atom stereocenters. The van der Waals surface area contributed by atoms with Crippen LogP contribution in [0.3, 0.4) is 0 Å². The maximum atomic E-state index is 4.10. The second-order valence-corrected chi connectivity index (χ2v) is 8.90. The molecule has 2 aliphatic carbocycles. The maximum absolute atomic E-state index is 4.10. The highest BCUT2D eigenvalue weighted by molar-refractivity contribution is 4.91. The smallest absolute Gasteiger partial charge is 0.0103 e. The minimum absolute atomic E-state index is 0.463. The van der Waals surface area contributed by atoms with Crippen LogP contribution in [0.5, 0.6) is 0 Å². The highest BCUT2D eigenvalue weighted by atomic mass is 15.0. The molecular weight excluding hydrogens is 242 g/mol. The van der Waals surface area contributed by atoms with Crippen LogP contribution >= 0.6 is 0 Å². The summed E-state index contributed by atoms with van der Waals surface area (Å²) in [5, 5.41) is 4.10. The van der Waals surface area contributed by atoms with Gasteiger partial charge in [0.25, 0.3) is 0 Å². The molecule has 1 heteroatoms. The Morgan fingerprint density at radius 1 is 0.900 bits per heavy atom. The van der Waals surface area contributed by atoms with Crippen LogP contribution in [0.1, 0.15) is 86.0 Å². The molecule has 20 heavy (non-hydrogen) atoms. The first-order valence-corrected chi connectivity index (χ1v) is 9.14. The van der Waals surface area contributed by atoms with Crippen molar-refractivity contribution in [2.24, 2.45) is 23.2 Å². The number of hydrogen-bond acceptors (Lipinski definition) is 1. The largest absolute Gasteiger partial charge is 0.311 e. The second kappa shape index (κ2) is 6.81. The first-order valence-electron chi connectivity index (χ1n) is 9.14. The lowest BCUT2D eigenvalue weighted by molar-refractivity contribution is 0.109. The monoisotopic (exact) mass is 279 g/mol. The summed E-state index contributed by atoms with van der Waals surface area (Å²) in [6.07, 6.45) is 11.5. The van der Waals surface area contributed by atoms with Gasteiger partial charge in [-0.2, -0.15) is 0 Å². The SMILES string of the molecule is CC(C)C1CCCC(NC2CCCCC2C(C)(C)C)C1. The van der Waals surface area contributed by atoms with Crippen molar-refractivity contribution in [1.82, 2.24) is 5.32 Å². The van der Waals surface area contributed by atoms with Gasteiger partial charge in [0, 0.05) is 12.1 Å². The molecule has 2 aliphatic rings. The normalized spacial score (nSPS) is 36.3. The van der Waals surface area contributed by atoms with Crippen LogP contribution in [0.4, 0.5) is 0 Å².